The average Bonchev–Trinajstić information content (AvgIpc) is 3.41. The molecule has 0 fully saturated rings. The summed E-state index contributed by atoms with van der Waals surface area (Å²) in [5, 5.41) is 29.9. The predicted molar refractivity (Wildman–Crippen MR) is 149 cm³/mol. The zero-order chi connectivity index (χ0) is 29.3. The molecule has 0 bridgehead atoms. The number of nitrogens with zero attached hydrogens (tertiary/aromatic N) is 7. The summed E-state index contributed by atoms with van der Waals surface area (Å²) in [5.41, 5.74) is 0.927. The van der Waals surface area contributed by atoms with Crippen LogP contribution in [0.25, 0.3) is 11.0 Å². The number of nitro groups is 1. The number of fused-ring (bicyclic) bond motifs is 1. The van der Waals surface area contributed by atoms with E-state index < -0.39 is 4.92 Å². The summed E-state index contributed by atoms with van der Waals surface area (Å²) in [6, 6.07) is 5.00. The number of ether oxygens (including phenoxy) is 1. The number of nitrogens with one attached hydrogen (secondary N) is 1. The van der Waals surface area contributed by atoms with E-state index in [-0.39, 0.29) is 23.0 Å². The number of nitro benzene ring substituents is 1. The minimum Gasteiger partial charge on any atom is -0.379 e. The van der Waals surface area contributed by atoms with E-state index in [0.717, 1.165) is 32.2 Å². The Hall–Kier alpha value is -3.83. The van der Waals surface area contributed by atoms with Gasteiger partial charge < -0.3 is 19.9 Å². The third-order valence-corrected chi connectivity index (χ3v) is 6.41. The van der Waals surface area contributed by atoms with Crippen LogP contribution in [0, 0.1) is 21.4 Å². The zero-order valence-electron chi connectivity index (χ0n) is 23.6. The van der Waals surface area contributed by atoms with Gasteiger partial charge in [-0.15, -0.1) is 0 Å². The van der Waals surface area contributed by atoms with Gasteiger partial charge in [0.15, 0.2) is 5.52 Å². The van der Waals surface area contributed by atoms with Gasteiger partial charge in [0, 0.05) is 46.2 Å². The molecule has 1 aromatic carbocycles. The van der Waals surface area contributed by atoms with E-state index in [0.29, 0.717) is 69.9 Å². The molecule has 2 amide bonds. The first-order valence-corrected chi connectivity index (χ1v) is 13.5. The fourth-order valence-electron chi connectivity index (χ4n) is 4.15. The minimum atomic E-state index is -0.522. The molecule has 0 saturated heterocycles. The highest BCUT2D eigenvalue weighted by molar-refractivity contribution is 5.93. The number of carbonyl (C=O) groups is 2. The van der Waals surface area contributed by atoms with Gasteiger partial charge in [-0.05, 0) is 49.2 Å². The average molecular weight is 561 g/mol. The Balaban J connectivity index is 1.55. The second kappa shape index (κ2) is 17.7. The highest BCUT2D eigenvalue weighted by atomic mass is 16.6. The number of unbranched alkanes of at least 4 members (excludes halogenated alkanes) is 3. The van der Waals surface area contributed by atoms with Crippen molar-refractivity contribution in [2.45, 2.75) is 44.9 Å². The van der Waals surface area contributed by atoms with Crippen molar-refractivity contribution in [2.75, 3.05) is 72.0 Å². The highest BCUT2D eigenvalue weighted by Gasteiger charge is 2.21. The summed E-state index contributed by atoms with van der Waals surface area (Å²) in [5.74, 6) is 0.0282. The van der Waals surface area contributed by atoms with Crippen LogP contribution in [-0.2, 0) is 14.3 Å². The summed E-state index contributed by atoms with van der Waals surface area (Å²) < 4.78 is 9.94. The molecule has 0 unspecified atom stereocenters. The molecule has 0 aliphatic heterocycles. The molecular weight excluding hydrogens is 520 g/mol. The Morgan fingerprint density at radius 2 is 1.77 bits per heavy atom. The van der Waals surface area contributed by atoms with Crippen molar-refractivity contribution in [3.05, 3.63) is 22.2 Å². The second-order valence-electron chi connectivity index (χ2n) is 9.69. The number of likely N-dealkylation sites (N-methyl/N-ethyl adjacent to an activating group) is 1. The third-order valence-electron chi connectivity index (χ3n) is 6.41. The van der Waals surface area contributed by atoms with Gasteiger partial charge in [0.2, 0.25) is 17.3 Å². The number of anilines is 1. The van der Waals surface area contributed by atoms with Gasteiger partial charge in [-0.2, -0.15) is 5.26 Å². The molecule has 40 heavy (non-hydrogen) atoms. The van der Waals surface area contributed by atoms with E-state index in [9.17, 15) is 19.7 Å². The van der Waals surface area contributed by atoms with E-state index >= 15 is 0 Å². The fraction of sp³-hybridized carbons (Fsp3) is 0.654. The van der Waals surface area contributed by atoms with Crippen LogP contribution in [0.5, 0.6) is 0 Å². The summed E-state index contributed by atoms with van der Waals surface area (Å²) in [4.78, 5) is 40.8. The van der Waals surface area contributed by atoms with Gasteiger partial charge in [-0.1, -0.05) is 12.8 Å². The predicted octanol–water partition coefficient (Wildman–Crippen LogP) is 2.34. The molecule has 14 heteroatoms. The molecule has 0 aliphatic carbocycles. The molecule has 1 aromatic heterocycles. The van der Waals surface area contributed by atoms with Crippen molar-refractivity contribution in [3.63, 3.8) is 0 Å². The molecule has 14 nitrogen and oxygen atoms in total. The normalized spacial score (nSPS) is 11.0. The van der Waals surface area contributed by atoms with Crippen molar-refractivity contribution in [3.8, 4) is 6.07 Å². The topological polar surface area (TPSA) is 171 Å². The maximum absolute atomic E-state index is 12.5. The van der Waals surface area contributed by atoms with Crippen molar-refractivity contribution in [1.29, 1.82) is 5.26 Å². The highest BCUT2D eigenvalue weighted by Crippen LogP contribution is 2.30. The molecular formula is C26H40N8O6. The van der Waals surface area contributed by atoms with Crippen LogP contribution >= 0.6 is 0 Å². The summed E-state index contributed by atoms with van der Waals surface area (Å²) in [6.07, 6.45) is 5.28. The van der Waals surface area contributed by atoms with Gasteiger partial charge in [-0.25, -0.2) is 4.63 Å². The number of amides is 2. The lowest BCUT2D eigenvalue weighted by Crippen LogP contribution is -2.37. The number of benzene rings is 1. The molecule has 220 valence electrons. The molecule has 0 saturated carbocycles. The zero-order valence-corrected chi connectivity index (χ0v) is 23.6. The van der Waals surface area contributed by atoms with E-state index in [4.69, 9.17) is 14.6 Å². The summed E-state index contributed by atoms with van der Waals surface area (Å²) in [7, 11) is 5.57. The number of hydrogen-bond acceptors (Lipinski definition) is 11. The van der Waals surface area contributed by atoms with E-state index in [1.807, 2.05) is 37.0 Å². The van der Waals surface area contributed by atoms with Crippen molar-refractivity contribution in [2.24, 2.45) is 0 Å². The Bertz CT molecular complexity index is 1130. The van der Waals surface area contributed by atoms with Crippen LogP contribution in [0.3, 0.4) is 0 Å². The first-order valence-electron chi connectivity index (χ1n) is 13.5. The lowest BCUT2D eigenvalue weighted by Gasteiger charge is -2.21. The third kappa shape index (κ3) is 11.1. The maximum Gasteiger partial charge on any atom is 0.300 e. The van der Waals surface area contributed by atoms with Gasteiger partial charge in [0.1, 0.15) is 0 Å². The summed E-state index contributed by atoms with van der Waals surface area (Å²) >= 11 is 0. The van der Waals surface area contributed by atoms with Crippen LogP contribution in [0.2, 0.25) is 0 Å². The fourth-order valence-corrected chi connectivity index (χ4v) is 4.15. The van der Waals surface area contributed by atoms with Crippen LogP contribution in [0.4, 0.5) is 11.4 Å². The van der Waals surface area contributed by atoms with E-state index in [1.165, 1.54) is 6.07 Å². The number of non-ortho nitro benzene ring substituents is 1. The molecule has 0 spiro atoms. The lowest BCUT2D eigenvalue weighted by molar-refractivity contribution is -0.383. The number of aromatic nitrogens is 2. The molecule has 0 aliphatic rings. The largest absolute Gasteiger partial charge is 0.379 e. The van der Waals surface area contributed by atoms with E-state index in [2.05, 4.69) is 15.6 Å². The quantitative estimate of drug-likeness (QED) is 0.143. The monoisotopic (exact) mass is 560 g/mol. The Morgan fingerprint density at radius 1 is 1.05 bits per heavy atom. The molecule has 0 atom stereocenters. The molecule has 2 rings (SSSR count). The standard InChI is InChI=1S/C26H40N8O6/c1-31(20-23(35)28-14-19-39-18-9-13-27)15-6-4-5-7-16-33(3)24(36)10-8-17-32(2)21-11-12-22(34(37)38)26-25(21)29-40-30-26/h11-12H,4-10,14-20H2,1-3H3,(H,28,35). The first-order chi connectivity index (χ1) is 19.2. The van der Waals surface area contributed by atoms with Crippen LogP contribution in [-0.4, -0.2) is 104 Å². The SMILES string of the molecule is CN(CCCCCCN(C)C(=O)CCCN(C)c1ccc([N+](=O)[O-])c2nonc12)CC(=O)NCCOCCC#N. The maximum atomic E-state index is 12.5. The van der Waals surface area contributed by atoms with Crippen LogP contribution in [0.15, 0.2) is 16.8 Å². The summed E-state index contributed by atoms with van der Waals surface area (Å²) in [6.45, 7) is 3.63. The Labute approximate surface area is 234 Å². The second-order valence-corrected chi connectivity index (χ2v) is 9.69. The van der Waals surface area contributed by atoms with Crippen molar-refractivity contribution < 1.29 is 23.9 Å². The number of nitriles is 1. The molecule has 0 radical (unpaired) electrons. The first kappa shape index (κ1) is 32.4. The number of hydrogen-bond donors (Lipinski definition) is 1. The molecule has 1 N–H and O–H groups in total. The lowest BCUT2D eigenvalue weighted by atomic mass is 10.1. The smallest absolute Gasteiger partial charge is 0.300 e. The Kier molecular flexibility index (Phi) is 14.3. The minimum absolute atomic E-state index is 0.0473. The Morgan fingerprint density at radius 3 is 2.50 bits per heavy atom. The van der Waals surface area contributed by atoms with Crippen LogP contribution < -0.4 is 10.2 Å². The van der Waals surface area contributed by atoms with Gasteiger partial charge >= 0.3 is 5.69 Å². The van der Waals surface area contributed by atoms with Gasteiger partial charge in [0.25, 0.3) is 0 Å². The van der Waals surface area contributed by atoms with E-state index in [1.54, 1.807) is 11.0 Å². The van der Waals surface area contributed by atoms with Crippen molar-refractivity contribution in [1.82, 2.24) is 25.4 Å². The van der Waals surface area contributed by atoms with Crippen molar-refractivity contribution >= 4 is 34.2 Å². The van der Waals surface area contributed by atoms with Gasteiger partial charge in [0.05, 0.1) is 42.9 Å². The number of carbonyl (C=O) groups excluding carboxylic acids is 2. The number of rotatable bonds is 20. The molecule has 2 aromatic rings. The molecule has 1 heterocycles. The van der Waals surface area contributed by atoms with Gasteiger partial charge in [-0.3, -0.25) is 24.6 Å². The van der Waals surface area contributed by atoms with Crippen LogP contribution in [0.1, 0.15) is 44.9 Å².